The second-order valence-corrected chi connectivity index (χ2v) is 4.26. The highest BCUT2D eigenvalue weighted by Crippen LogP contribution is 2.18. The Kier molecular flexibility index (Phi) is 3.83. The van der Waals surface area contributed by atoms with Crippen LogP contribution >= 0.6 is 0 Å². The van der Waals surface area contributed by atoms with Crippen LogP contribution < -0.4 is 11.6 Å². The van der Waals surface area contributed by atoms with E-state index in [1.165, 1.54) is 6.21 Å². The van der Waals surface area contributed by atoms with E-state index in [4.69, 9.17) is 11.6 Å². The van der Waals surface area contributed by atoms with Gasteiger partial charge in [-0.25, -0.2) is 0 Å². The van der Waals surface area contributed by atoms with Crippen LogP contribution in [0, 0.1) is 0 Å². The monoisotopic (exact) mass is 248 g/mol. The highest BCUT2D eigenvalue weighted by molar-refractivity contribution is 5.80. The molecule has 1 amide bonds. The predicted octanol–water partition coefficient (Wildman–Crippen LogP) is -0.781. The standard InChI is InChI=1S/C11H16N6O/c12-11(18)10-2-1-5-17(10)7-9-4-3-8(6-14-13)15-16-9/h3-4,6,10H,1-2,5,7,13H2,(H2,12,18)/t10-/m0/s1. The first-order chi connectivity index (χ1) is 8.70. The predicted molar refractivity (Wildman–Crippen MR) is 66.4 cm³/mol. The summed E-state index contributed by atoms with van der Waals surface area (Å²) in [5.41, 5.74) is 6.77. The molecule has 0 radical (unpaired) electrons. The molecule has 2 heterocycles. The lowest BCUT2D eigenvalue weighted by Gasteiger charge is -2.20. The first-order valence-electron chi connectivity index (χ1n) is 5.80. The van der Waals surface area contributed by atoms with E-state index in [1.54, 1.807) is 6.07 Å². The number of carbonyl (C=O) groups is 1. The summed E-state index contributed by atoms with van der Waals surface area (Å²) in [4.78, 5) is 13.3. The SMILES string of the molecule is NN=Cc1ccc(CN2CCC[C@H]2C(N)=O)nn1. The van der Waals surface area contributed by atoms with Crippen molar-refractivity contribution in [2.24, 2.45) is 16.7 Å². The first-order valence-corrected chi connectivity index (χ1v) is 5.80. The van der Waals surface area contributed by atoms with Crippen molar-refractivity contribution in [3.05, 3.63) is 23.5 Å². The number of nitrogens with two attached hydrogens (primary N) is 2. The molecule has 1 fully saturated rings. The molecule has 0 bridgehead atoms. The molecule has 1 aliphatic rings. The van der Waals surface area contributed by atoms with Crippen LogP contribution in [0.2, 0.25) is 0 Å². The average molecular weight is 248 g/mol. The number of primary amides is 1. The van der Waals surface area contributed by atoms with Crippen LogP contribution in [0.4, 0.5) is 0 Å². The number of aromatic nitrogens is 2. The fourth-order valence-corrected chi connectivity index (χ4v) is 2.15. The van der Waals surface area contributed by atoms with Crippen LogP contribution in [0.5, 0.6) is 0 Å². The molecule has 0 saturated carbocycles. The van der Waals surface area contributed by atoms with Gasteiger partial charge in [-0.05, 0) is 31.5 Å². The molecule has 1 atom stereocenters. The third-order valence-electron chi connectivity index (χ3n) is 3.00. The van der Waals surface area contributed by atoms with Crippen molar-refractivity contribution in [2.75, 3.05) is 6.54 Å². The summed E-state index contributed by atoms with van der Waals surface area (Å²) in [6.07, 6.45) is 3.23. The fourth-order valence-electron chi connectivity index (χ4n) is 2.15. The Bertz CT molecular complexity index is 443. The Balaban J connectivity index is 2.02. The Morgan fingerprint density at radius 1 is 1.56 bits per heavy atom. The molecule has 7 nitrogen and oxygen atoms in total. The van der Waals surface area contributed by atoms with Gasteiger partial charge < -0.3 is 11.6 Å². The van der Waals surface area contributed by atoms with E-state index in [9.17, 15) is 4.79 Å². The van der Waals surface area contributed by atoms with Crippen molar-refractivity contribution in [3.63, 3.8) is 0 Å². The highest BCUT2D eigenvalue weighted by atomic mass is 16.1. The number of hydrogen-bond acceptors (Lipinski definition) is 6. The van der Waals surface area contributed by atoms with Crippen molar-refractivity contribution < 1.29 is 4.79 Å². The smallest absolute Gasteiger partial charge is 0.234 e. The average Bonchev–Trinajstić information content (AvgIpc) is 2.80. The fraction of sp³-hybridized carbons (Fsp3) is 0.455. The largest absolute Gasteiger partial charge is 0.368 e. The second kappa shape index (κ2) is 5.54. The zero-order chi connectivity index (χ0) is 13.0. The van der Waals surface area contributed by atoms with Crippen LogP contribution in [-0.2, 0) is 11.3 Å². The van der Waals surface area contributed by atoms with E-state index >= 15 is 0 Å². The number of hydrogen-bond donors (Lipinski definition) is 2. The maximum absolute atomic E-state index is 11.3. The second-order valence-electron chi connectivity index (χ2n) is 4.26. The molecule has 0 unspecified atom stereocenters. The zero-order valence-corrected chi connectivity index (χ0v) is 9.99. The van der Waals surface area contributed by atoms with Gasteiger partial charge in [-0.15, -0.1) is 5.10 Å². The summed E-state index contributed by atoms with van der Waals surface area (Å²) < 4.78 is 0. The lowest BCUT2D eigenvalue weighted by molar-refractivity contribution is -0.122. The molecule has 1 aliphatic heterocycles. The van der Waals surface area contributed by atoms with E-state index in [2.05, 4.69) is 15.3 Å². The Labute approximate surface area is 105 Å². The molecule has 1 aromatic heterocycles. The van der Waals surface area contributed by atoms with Gasteiger partial charge in [0.05, 0.1) is 18.0 Å². The zero-order valence-electron chi connectivity index (χ0n) is 9.99. The summed E-state index contributed by atoms with van der Waals surface area (Å²) in [7, 11) is 0. The molecule has 0 aromatic carbocycles. The summed E-state index contributed by atoms with van der Waals surface area (Å²) in [5.74, 6) is 4.75. The van der Waals surface area contributed by atoms with Crippen LogP contribution in [-0.4, -0.2) is 39.8 Å². The minimum atomic E-state index is -0.271. The molecule has 7 heteroatoms. The molecule has 1 aromatic rings. The van der Waals surface area contributed by atoms with Crippen LogP contribution in [0.15, 0.2) is 17.2 Å². The maximum atomic E-state index is 11.3. The van der Waals surface area contributed by atoms with Crippen molar-refractivity contribution in [3.8, 4) is 0 Å². The Hall–Kier alpha value is -2.02. The third-order valence-corrected chi connectivity index (χ3v) is 3.00. The van der Waals surface area contributed by atoms with Crippen LogP contribution in [0.3, 0.4) is 0 Å². The quantitative estimate of drug-likeness (QED) is 0.412. The summed E-state index contributed by atoms with van der Waals surface area (Å²) in [6, 6.07) is 3.45. The highest BCUT2D eigenvalue weighted by Gasteiger charge is 2.28. The molecule has 2 rings (SSSR count). The van der Waals surface area contributed by atoms with E-state index in [-0.39, 0.29) is 11.9 Å². The van der Waals surface area contributed by atoms with Crippen LogP contribution in [0.25, 0.3) is 0 Å². The summed E-state index contributed by atoms with van der Waals surface area (Å²) in [6.45, 7) is 1.45. The van der Waals surface area contributed by atoms with Gasteiger partial charge in [0.25, 0.3) is 0 Å². The van der Waals surface area contributed by atoms with Gasteiger partial charge in [0.1, 0.15) is 5.69 Å². The van der Waals surface area contributed by atoms with Crippen molar-refractivity contribution in [2.45, 2.75) is 25.4 Å². The molecular formula is C11H16N6O. The topological polar surface area (TPSA) is 110 Å². The molecule has 18 heavy (non-hydrogen) atoms. The molecule has 4 N–H and O–H groups in total. The molecule has 1 saturated heterocycles. The molecule has 0 aliphatic carbocycles. The lowest BCUT2D eigenvalue weighted by atomic mass is 10.2. The van der Waals surface area contributed by atoms with E-state index in [0.29, 0.717) is 12.2 Å². The van der Waals surface area contributed by atoms with Gasteiger partial charge in [-0.3, -0.25) is 9.69 Å². The first kappa shape index (κ1) is 12.4. The number of likely N-dealkylation sites (tertiary alicyclic amines) is 1. The maximum Gasteiger partial charge on any atom is 0.234 e. The summed E-state index contributed by atoms with van der Waals surface area (Å²) in [5, 5.41) is 11.4. The molecule has 96 valence electrons. The minimum absolute atomic E-state index is 0.183. The molecule has 0 spiro atoms. The minimum Gasteiger partial charge on any atom is -0.368 e. The van der Waals surface area contributed by atoms with E-state index in [0.717, 1.165) is 25.1 Å². The van der Waals surface area contributed by atoms with Gasteiger partial charge in [-0.2, -0.15) is 10.2 Å². The van der Waals surface area contributed by atoms with Gasteiger partial charge in [-0.1, -0.05) is 0 Å². The van der Waals surface area contributed by atoms with Crippen molar-refractivity contribution in [1.82, 2.24) is 15.1 Å². The van der Waals surface area contributed by atoms with Crippen LogP contribution in [0.1, 0.15) is 24.2 Å². The Morgan fingerprint density at radius 3 is 3.00 bits per heavy atom. The number of hydrazone groups is 1. The number of rotatable bonds is 4. The third kappa shape index (κ3) is 2.80. The molecular weight excluding hydrogens is 232 g/mol. The normalized spacial score (nSPS) is 20.6. The Morgan fingerprint density at radius 2 is 2.39 bits per heavy atom. The van der Waals surface area contributed by atoms with Crippen molar-refractivity contribution in [1.29, 1.82) is 0 Å². The van der Waals surface area contributed by atoms with Gasteiger partial charge >= 0.3 is 0 Å². The van der Waals surface area contributed by atoms with Gasteiger partial charge in [0.2, 0.25) is 5.91 Å². The van der Waals surface area contributed by atoms with Crippen molar-refractivity contribution >= 4 is 12.1 Å². The summed E-state index contributed by atoms with van der Waals surface area (Å²) >= 11 is 0. The lowest BCUT2D eigenvalue weighted by Crippen LogP contribution is -2.39. The van der Waals surface area contributed by atoms with E-state index < -0.39 is 0 Å². The number of amides is 1. The van der Waals surface area contributed by atoms with Gasteiger partial charge in [0.15, 0.2) is 0 Å². The number of carbonyl (C=O) groups excluding carboxylic acids is 1. The number of nitrogens with zero attached hydrogens (tertiary/aromatic N) is 4. The van der Waals surface area contributed by atoms with E-state index in [1.807, 2.05) is 11.0 Å². The van der Waals surface area contributed by atoms with Gasteiger partial charge in [0, 0.05) is 6.54 Å².